The summed E-state index contributed by atoms with van der Waals surface area (Å²) in [5, 5.41) is 9.95. The topological polar surface area (TPSA) is 95.6 Å². The lowest BCUT2D eigenvalue weighted by Gasteiger charge is -2.20. The van der Waals surface area contributed by atoms with E-state index in [0.29, 0.717) is 30.8 Å². The molecule has 0 bridgehead atoms. The van der Waals surface area contributed by atoms with Crippen LogP contribution in [-0.4, -0.2) is 44.0 Å². The highest BCUT2D eigenvalue weighted by atomic mass is 16.5. The first-order chi connectivity index (χ1) is 16.1. The normalized spacial score (nSPS) is 13.3. The molecule has 0 saturated heterocycles. The average molecular weight is 470 g/mol. The summed E-state index contributed by atoms with van der Waals surface area (Å²) in [4.78, 5) is 29.1. The minimum atomic E-state index is -0.778. The average Bonchev–Trinajstić information content (AvgIpc) is 3.14. The predicted octanol–water partition coefficient (Wildman–Crippen LogP) is 3.84. The molecule has 2 atom stereocenters. The van der Waals surface area contributed by atoms with E-state index in [4.69, 9.17) is 14.5 Å². The van der Waals surface area contributed by atoms with Gasteiger partial charge in [0.05, 0.1) is 35.8 Å². The summed E-state index contributed by atoms with van der Waals surface area (Å²) in [5.74, 6) is 0.547. The van der Waals surface area contributed by atoms with Crippen molar-refractivity contribution in [2.24, 2.45) is 13.0 Å². The number of carbonyl (C=O) groups excluding carboxylic acids is 1. The number of benzene rings is 1. The molecule has 0 spiro atoms. The molecular formula is C26H35N3O5. The van der Waals surface area contributed by atoms with E-state index in [0.717, 1.165) is 29.0 Å². The van der Waals surface area contributed by atoms with Gasteiger partial charge in [0.1, 0.15) is 11.6 Å². The van der Waals surface area contributed by atoms with Crippen LogP contribution in [0.15, 0.2) is 35.3 Å². The standard InChI is InChI=1S/C26H35N3O5/c1-7-29-23-11-10-20(33-12-8-9-21(18(5)30)26(32)34-16(2)3)14-22(23)27-24(29)19-13-17(4)25(31)28(6)15-19/h10-11,13-16,18,21,30H,7-9,12H2,1-6H3/t18?,21-/m0/s1. The molecule has 2 aromatic heterocycles. The monoisotopic (exact) mass is 469 g/mol. The highest BCUT2D eigenvalue weighted by molar-refractivity contribution is 5.82. The van der Waals surface area contributed by atoms with Crippen molar-refractivity contribution in [3.63, 3.8) is 0 Å². The van der Waals surface area contributed by atoms with Crippen LogP contribution in [-0.2, 0) is 23.1 Å². The van der Waals surface area contributed by atoms with Gasteiger partial charge >= 0.3 is 5.97 Å². The predicted molar refractivity (Wildman–Crippen MR) is 132 cm³/mol. The van der Waals surface area contributed by atoms with Gasteiger partial charge in [-0.3, -0.25) is 9.59 Å². The summed E-state index contributed by atoms with van der Waals surface area (Å²) >= 11 is 0. The SMILES string of the molecule is CCn1c(-c2cc(C)c(=O)n(C)c2)nc2cc(OCCC[C@H](C(=O)OC(C)C)C(C)O)ccc21. The van der Waals surface area contributed by atoms with Gasteiger partial charge in [0.2, 0.25) is 0 Å². The first-order valence-corrected chi connectivity index (χ1v) is 11.8. The molecule has 0 fully saturated rings. The van der Waals surface area contributed by atoms with Gasteiger partial charge in [-0.25, -0.2) is 4.98 Å². The zero-order chi connectivity index (χ0) is 25.0. The van der Waals surface area contributed by atoms with E-state index in [1.807, 2.05) is 30.5 Å². The third-order valence-corrected chi connectivity index (χ3v) is 5.82. The van der Waals surface area contributed by atoms with E-state index in [1.54, 1.807) is 39.3 Å². The lowest BCUT2D eigenvalue weighted by Crippen LogP contribution is -2.30. The van der Waals surface area contributed by atoms with Crippen molar-refractivity contribution in [3.8, 4) is 17.1 Å². The maximum Gasteiger partial charge on any atom is 0.311 e. The molecule has 0 radical (unpaired) electrons. The quantitative estimate of drug-likeness (QED) is 0.358. The Morgan fingerprint density at radius 2 is 1.94 bits per heavy atom. The van der Waals surface area contributed by atoms with Gasteiger partial charge in [0.15, 0.2) is 0 Å². The molecular weight excluding hydrogens is 434 g/mol. The van der Waals surface area contributed by atoms with Gasteiger partial charge in [-0.15, -0.1) is 0 Å². The van der Waals surface area contributed by atoms with Crippen LogP contribution < -0.4 is 10.3 Å². The highest BCUT2D eigenvalue weighted by Gasteiger charge is 2.25. The molecule has 0 aliphatic heterocycles. The van der Waals surface area contributed by atoms with Crippen LogP contribution in [0.1, 0.15) is 46.1 Å². The number of rotatable bonds is 10. The number of nitrogens with zero attached hydrogens (tertiary/aromatic N) is 3. The fraction of sp³-hybridized carbons (Fsp3) is 0.500. The molecule has 3 rings (SSSR count). The number of hydrogen-bond acceptors (Lipinski definition) is 6. The second kappa shape index (κ2) is 10.9. The molecule has 1 N–H and O–H groups in total. The number of carbonyl (C=O) groups is 1. The maximum atomic E-state index is 12.2. The van der Waals surface area contributed by atoms with Crippen LogP contribution in [0.2, 0.25) is 0 Å². The minimum absolute atomic E-state index is 0.0195. The molecule has 0 amide bonds. The van der Waals surface area contributed by atoms with E-state index >= 15 is 0 Å². The summed E-state index contributed by atoms with van der Waals surface area (Å²) in [6.07, 6.45) is 1.90. The summed E-state index contributed by atoms with van der Waals surface area (Å²) in [6.45, 7) is 10.2. The van der Waals surface area contributed by atoms with Gasteiger partial charge in [0, 0.05) is 37.0 Å². The summed E-state index contributed by atoms with van der Waals surface area (Å²) in [5.41, 5.74) is 3.34. The molecule has 8 nitrogen and oxygen atoms in total. The molecule has 0 aliphatic rings. The van der Waals surface area contributed by atoms with Crippen molar-refractivity contribution >= 4 is 17.0 Å². The summed E-state index contributed by atoms with van der Waals surface area (Å²) in [6, 6.07) is 7.66. The van der Waals surface area contributed by atoms with Crippen molar-refractivity contribution in [1.82, 2.24) is 14.1 Å². The lowest BCUT2D eigenvalue weighted by atomic mass is 9.98. The fourth-order valence-electron chi connectivity index (χ4n) is 4.11. The number of aliphatic hydroxyl groups excluding tert-OH is 1. The Morgan fingerprint density at radius 3 is 2.56 bits per heavy atom. The Bertz CT molecular complexity index is 1180. The van der Waals surface area contributed by atoms with Crippen LogP contribution in [0.3, 0.4) is 0 Å². The Kier molecular flexibility index (Phi) is 8.15. The summed E-state index contributed by atoms with van der Waals surface area (Å²) < 4.78 is 14.9. The second-order valence-corrected chi connectivity index (χ2v) is 8.98. The number of aromatic nitrogens is 3. The zero-order valence-corrected chi connectivity index (χ0v) is 20.9. The maximum absolute atomic E-state index is 12.2. The smallest absolute Gasteiger partial charge is 0.311 e. The molecule has 184 valence electrons. The van der Waals surface area contributed by atoms with E-state index in [2.05, 4.69) is 11.5 Å². The molecule has 1 unspecified atom stereocenters. The highest BCUT2D eigenvalue weighted by Crippen LogP contribution is 2.28. The zero-order valence-electron chi connectivity index (χ0n) is 20.9. The number of esters is 1. The largest absolute Gasteiger partial charge is 0.494 e. The van der Waals surface area contributed by atoms with Crippen LogP contribution in [0.4, 0.5) is 0 Å². The molecule has 1 aromatic carbocycles. The first kappa shape index (κ1) is 25.5. The van der Waals surface area contributed by atoms with Crippen LogP contribution >= 0.6 is 0 Å². The van der Waals surface area contributed by atoms with E-state index in [1.165, 1.54) is 0 Å². The van der Waals surface area contributed by atoms with Gasteiger partial charge in [-0.1, -0.05) is 0 Å². The molecule has 0 aliphatic carbocycles. The van der Waals surface area contributed by atoms with Crippen LogP contribution in [0, 0.1) is 12.8 Å². The van der Waals surface area contributed by atoms with Gasteiger partial charge < -0.3 is 23.7 Å². The van der Waals surface area contributed by atoms with Crippen molar-refractivity contribution in [1.29, 1.82) is 0 Å². The second-order valence-electron chi connectivity index (χ2n) is 8.98. The Labute approximate surface area is 200 Å². The number of pyridine rings is 1. The number of imidazole rings is 1. The first-order valence-electron chi connectivity index (χ1n) is 11.8. The number of aryl methyl sites for hydroxylation is 3. The van der Waals surface area contributed by atoms with Crippen LogP contribution in [0.5, 0.6) is 5.75 Å². The fourth-order valence-corrected chi connectivity index (χ4v) is 4.11. The molecule has 3 aromatic rings. The molecule has 34 heavy (non-hydrogen) atoms. The van der Waals surface area contributed by atoms with E-state index in [-0.39, 0.29) is 17.6 Å². The minimum Gasteiger partial charge on any atom is -0.494 e. The summed E-state index contributed by atoms with van der Waals surface area (Å²) in [7, 11) is 1.74. The molecule has 8 heteroatoms. The Hall–Kier alpha value is -3.13. The number of aliphatic hydroxyl groups is 1. The number of fused-ring (bicyclic) bond motifs is 1. The van der Waals surface area contributed by atoms with Gasteiger partial charge in [-0.05, 0) is 65.7 Å². The van der Waals surface area contributed by atoms with Crippen LogP contribution in [0.25, 0.3) is 22.4 Å². The van der Waals surface area contributed by atoms with Gasteiger partial charge in [-0.2, -0.15) is 0 Å². The van der Waals surface area contributed by atoms with Gasteiger partial charge in [0.25, 0.3) is 5.56 Å². The van der Waals surface area contributed by atoms with E-state index in [9.17, 15) is 14.7 Å². The number of hydrogen-bond donors (Lipinski definition) is 1. The Morgan fingerprint density at radius 1 is 1.21 bits per heavy atom. The van der Waals surface area contributed by atoms with Crippen molar-refractivity contribution in [2.45, 2.75) is 66.2 Å². The molecule has 0 saturated carbocycles. The van der Waals surface area contributed by atoms with Crippen molar-refractivity contribution in [2.75, 3.05) is 6.61 Å². The van der Waals surface area contributed by atoms with Crippen molar-refractivity contribution < 1.29 is 19.4 Å². The Balaban J connectivity index is 1.73. The molecule has 2 heterocycles. The van der Waals surface area contributed by atoms with E-state index < -0.39 is 12.0 Å². The number of ether oxygens (including phenoxy) is 2. The third kappa shape index (κ3) is 5.67. The van der Waals surface area contributed by atoms with Crippen molar-refractivity contribution in [3.05, 3.63) is 46.4 Å². The third-order valence-electron chi connectivity index (χ3n) is 5.82. The lowest BCUT2D eigenvalue weighted by molar-refractivity contribution is -0.156.